The predicted octanol–water partition coefficient (Wildman–Crippen LogP) is 1.60. The molecule has 7 heteroatoms. The Kier molecular flexibility index (Phi) is 3.44. The Balaban J connectivity index is 2.45. The highest BCUT2D eigenvalue weighted by Crippen LogP contribution is 2.33. The number of halogens is 1. The van der Waals surface area contributed by atoms with Crippen molar-refractivity contribution in [3.63, 3.8) is 0 Å². The summed E-state index contributed by atoms with van der Waals surface area (Å²) in [6.45, 7) is 1.71. The normalized spacial score (nSPS) is 14.7. The van der Waals surface area contributed by atoms with Gasteiger partial charge in [0.2, 0.25) is 0 Å². The molecule has 3 N–H and O–H groups in total. The van der Waals surface area contributed by atoms with Crippen molar-refractivity contribution >= 4 is 27.6 Å². The van der Waals surface area contributed by atoms with E-state index in [0.717, 1.165) is 4.47 Å². The SMILES string of the molecule is COc1ccc(Br)cc1N1NNC(C(=O)O)=C1C. The Morgan fingerprint density at radius 3 is 2.78 bits per heavy atom. The maximum atomic E-state index is 11.0. The van der Waals surface area contributed by atoms with E-state index in [1.54, 1.807) is 25.1 Å². The van der Waals surface area contributed by atoms with Crippen LogP contribution in [0.15, 0.2) is 34.1 Å². The number of carboxylic acids is 1. The highest BCUT2D eigenvalue weighted by molar-refractivity contribution is 9.10. The van der Waals surface area contributed by atoms with Crippen LogP contribution >= 0.6 is 15.9 Å². The molecular weight excluding hydrogens is 302 g/mol. The van der Waals surface area contributed by atoms with Gasteiger partial charge in [0.1, 0.15) is 11.4 Å². The molecule has 96 valence electrons. The first kappa shape index (κ1) is 12.7. The molecule has 0 saturated carbocycles. The lowest BCUT2D eigenvalue weighted by molar-refractivity contribution is -0.133. The van der Waals surface area contributed by atoms with Crippen LogP contribution in [0.4, 0.5) is 5.69 Å². The van der Waals surface area contributed by atoms with E-state index in [4.69, 9.17) is 9.84 Å². The molecule has 1 aromatic carbocycles. The van der Waals surface area contributed by atoms with E-state index < -0.39 is 5.97 Å². The van der Waals surface area contributed by atoms with E-state index in [2.05, 4.69) is 26.9 Å². The standard InChI is InChI=1S/C11H12BrN3O3/c1-6-10(11(16)17)13-14-15(6)8-5-7(12)3-4-9(8)18-2/h3-5,13-14H,1-2H3,(H,16,17). The van der Waals surface area contributed by atoms with Crippen LogP contribution in [0.3, 0.4) is 0 Å². The van der Waals surface area contributed by atoms with Crippen molar-refractivity contribution < 1.29 is 14.6 Å². The van der Waals surface area contributed by atoms with Crippen LogP contribution in [-0.4, -0.2) is 18.2 Å². The zero-order valence-corrected chi connectivity index (χ0v) is 11.4. The van der Waals surface area contributed by atoms with Gasteiger partial charge in [-0.3, -0.25) is 10.4 Å². The number of carboxylic acid groups (broad SMARTS) is 1. The Morgan fingerprint density at radius 2 is 2.22 bits per heavy atom. The lowest BCUT2D eigenvalue weighted by Crippen LogP contribution is -2.38. The number of ether oxygens (including phenoxy) is 1. The lowest BCUT2D eigenvalue weighted by Gasteiger charge is -2.21. The van der Waals surface area contributed by atoms with Crippen LogP contribution < -0.4 is 20.7 Å². The third-order valence-corrected chi connectivity index (χ3v) is 3.08. The van der Waals surface area contributed by atoms with Gasteiger partial charge < -0.3 is 9.84 Å². The van der Waals surface area contributed by atoms with Gasteiger partial charge in [-0.15, -0.1) is 5.53 Å². The lowest BCUT2D eigenvalue weighted by atomic mass is 10.2. The van der Waals surface area contributed by atoms with E-state index >= 15 is 0 Å². The molecule has 0 radical (unpaired) electrons. The molecule has 0 aliphatic carbocycles. The molecule has 0 unspecified atom stereocenters. The smallest absolute Gasteiger partial charge is 0.355 e. The van der Waals surface area contributed by atoms with Crippen LogP contribution in [0.25, 0.3) is 0 Å². The summed E-state index contributed by atoms with van der Waals surface area (Å²) < 4.78 is 6.13. The van der Waals surface area contributed by atoms with Crippen molar-refractivity contribution in [3.05, 3.63) is 34.1 Å². The highest BCUT2D eigenvalue weighted by atomic mass is 79.9. The molecular formula is C11H12BrN3O3. The first-order valence-electron chi connectivity index (χ1n) is 5.14. The monoisotopic (exact) mass is 313 g/mol. The zero-order chi connectivity index (χ0) is 13.3. The van der Waals surface area contributed by atoms with Crippen LogP contribution in [0.1, 0.15) is 6.92 Å². The van der Waals surface area contributed by atoms with Gasteiger partial charge in [-0.05, 0) is 25.1 Å². The van der Waals surface area contributed by atoms with Crippen LogP contribution in [-0.2, 0) is 4.79 Å². The summed E-state index contributed by atoms with van der Waals surface area (Å²) in [5, 5.41) is 10.6. The quantitative estimate of drug-likeness (QED) is 0.787. The number of anilines is 1. The van der Waals surface area contributed by atoms with Crippen molar-refractivity contribution in [1.29, 1.82) is 0 Å². The van der Waals surface area contributed by atoms with Crippen LogP contribution in [0, 0.1) is 0 Å². The fraction of sp³-hybridized carbons (Fsp3) is 0.182. The number of aliphatic carboxylic acids is 1. The van der Waals surface area contributed by atoms with Gasteiger partial charge in [0.15, 0.2) is 5.70 Å². The predicted molar refractivity (Wildman–Crippen MR) is 69.8 cm³/mol. The number of methoxy groups -OCH3 is 1. The number of hydrazine groups is 2. The topological polar surface area (TPSA) is 73.8 Å². The Labute approximate surface area is 112 Å². The Hall–Kier alpha value is -1.73. The minimum atomic E-state index is -1.02. The van der Waals surface area contributed by atoms with Crippen molar-refractivity contribution in [2.24, 2.45) is 0 Å². The van der Waals surface area contributed by atoms with Gasteiger partial charge in [0.05, 0.1) is 12.8 Å². The summed E-state index contributed by atoms with van der Waals surface area (Å²) >= 11 is 3.37. The summed E-state index contributed by atoms with van der Waals surface area (Å²) in [5.41, 5.74) is 6.77. The number of carbonyl (C=O) groups is 1. The fourth-order valence-electron chi connectivity index (χ4n) is 1.68. The van der Waals surface area contributed by atoms with E-state index in [1.807, 2.05) is 12.1 Å². The zero-order valence-electron chi connectivity index (χ0n) is 9.82. The molecule has 0 bridgehead atoms. The van der Waals surface area contributed by atoms with Crippen LogP contribution in [0.5, 0.6) is 5.75 Å². The van der Waals surface area contributed by atoms with Crippen molar-refractivity contribution in [3.8, 4) is 5.75 Å². The molecule has 1 aliphatic heterocycles. The van der Waals surface area contributed by atoms with Crippen molar-refractivity contribution in [1.82, 2.24) is 11.0 Å². The van der Waals surface area contributed by atoms with Crippen LogP contribution in [0.2, 0.25) is 0 Å². The van der Waals surface area contributed by atoms with E-state index in [1.165, 1.54) is 0 Å². The number of benzene rings is 1. The minimum Gasteiger partial charge on any atom is -0.495 e. The summed E-state index contributed by atoms with van der Waals surface area (Å²) in [7, 11) is 1.56. The molecule has 0 spiro atoms. The fourth-order valence-corrected chi connectivity index (χ4v) is 2.03. The molecule has 1 aliphatic rings. The number of nitrogens with zero attached hydrogens (tertiary/aromatic N) is 1. The third-order valence-electron chi connectivity index (χ3n) is 2.59. The molecule has 1 aromatic rings. The summed E-state index contributed by atoms with van der Waals surface area (Å²) in [5.74, 6) is -0.380. The number of hydrogen-bond acceptors (Lipinski definition) is 5. The second-order valence-electron chi connectivity index (χ2n) is 3.65. The van der Waals surface area contributed by atoms with Crippen molar-refractivity contribution in [2.45, 2.75) is 6.92 Å². The summed E-state index contributed by atoms with van der Waals surface area (Å²) in [6.07, 6.45) is 0. The Bertz CT molecular complexity index is 530. The minimum absolute atomic E-state index is 0.108. The molecule has 0 saturated heterocycles. The highest BCUT2D eigenvalue weighted by Gasteiger charge is 2.26. The van der Waals surface area contributed by atoms with E-state index in [-0.39, 0.29) is 5.70 Å². The van der Waals surface area contributed by atoms with Gasteiger partial charge in [-0.25, -0.2) is 4.79 Å². The molecule has 0 amide bonds. The van der Waals surface area contributed by atoms with Crippen molar-refractivity contribution in [2.75, 3.05) is 12.1 Å². The summed E-state index contributed by atoms with van der Waals surface area (Å²) in [6, 6.07) is 5.48. The third kappa shape index (κ3) is 2.14. The molecule has 0 aromatic heterocycles. The van der Waals surface area contributed by atoms with Gasteiger partial charge in [0.25, 0.3) is 0 Å². The second kappa shape index (κ2) is 4.87. The number of rotatable bonds is 3. The first-order valence-corrected chi connectivity index (χ1v) is 5.93. The largest absolute Gasteiger partial charge is 0.495 e. The number of nitrogens with one attached hydrogen (secondary N) is 2. The first-order chi connectivity index (χ1) is 8.54. The Morgan fingerprint density at radius 1 is 1.50 bits per heavy atom. The maximum Gasteiger partial charge on any atom is 0.355 e. The molecule has 1 heterocycles. The maximum absolute atomic E-state index is 11.0. The van der Waals surface area contributed by atoms with Gasteiger partial charge in [-0.1, -0.05) is 15.9 Å². The van der Waals surface area contributed by atoms with E-state index in [9.17, 15) is 4.79 Å². The second-order valence-corrected chi connectivity index (χ2v) is 4.57. The molecule has 0 fully saturated rings. The molecule has 18 heavy (non-hydrogen) atoms. The molecule has 2 rings (SSSR count). The van der Waals surface area contributed by atoms with E-state index in [0.29, 0.717) is 17.1 Å². The van der Waals surface area contributed by atoms with Gasteiger partial charge in [-0.2, -0.15) is 0 Å². The van der Waals surface area contributed by atoms with Gasteiger partial charge in [0, 0.05) is 4.47 Å². The molecule has 6 nitrogen and oxygen atoms in total. The molecule has 0 atom stereocenters. The van der Waals surface area contributed by atoms with Gasteiger partial charge >= 0.3 is 5.97 Å². The summed E-state index contributed by atoms with van der Waals surface area (Å²) in [4.78, 5) is 11.0. The average Bonchev–Trinajstić information content (AvgIpc) is 2.71. The average molecular weight is 314 g/mol. The number of hydrogen-bond donors (Lipinski definition) is 3. The number of allylic oxidation sites excluding steroid dienone is 1.